The first kappa shape index (κ1) is 22.1. The van der Waals surface area contributed by atoms with E-state index in [0.717, 1.165) is 15.9 Å². The van der Waals surface area contributed by atoms with Crippen molar-refractivity contribution in [3.8, 4) is 39.1 Å². The predicted octanol–water partition coefficient (Wildman–Crippen LogP) is 23.6. The molecule has 12 aromatic carbocycles. The largest absolute Gasteiger partial charge is 0.309 e. The molecule has 0 aliphatic heterocycles. The van der Waals surface area contributed by atoms with Gasteiger partial charge in [0.1, 0.15) is 0 Å². The fourth-order valence-electron chi connectivity index (χ4n) is 8.27. The lowest BCUT2D eigenvalue weighted by atomic mass is 9.70. The molecular weight excluding hydrogens is 1020 g/mol. The average Bonchev–Trinajstić information content (AvgIpc) is 1.47. The van der Waals surface area contributed by atoms with Gasteiger partial charge in [-0.3, -0.25) is 0 Å². The Balaban J connectivity index is 0.000000194. The van der Waals surface area contributed by atoms with Crippen molar-refractivity contribution in [2.45, 2.75) is 60.8 Å². The number of hydrogen-bond donors (Lipinski definition) is 0. The van der Waals surface area contributed by atoms with Crippen LogP contribution in [0.3, 0.4) is 0 Å². The van der Waals surface area contributed by atoms with Crippen LogP contribution in [0.1, 0.15) is 145 Å². The molecule has 0 N–H and O–H groups in total. The molecular formula is C81H75NS. The molecule has 1 nitrogen and oxygen atoms in total. The van der Waals surface area contributed by atoms with E-state index in [1.165, 1.54) is 13.8 Å². The normalized spacial score (nSPS) is 19.8. The number of para-hydroxylation sites is 3. The van der Waals surface area contributed by atoms with Gasteiger partial charge in [0, 0.05) is 36.6 Å². The van der Waals surface area contributed by atoms with Gasteiger partial charge in [0.25, 0.3) is 0 Å². The van der Waals surface area contributed by atoms with Gasteiger partial charge in [-0.15, -0.1) is 11.3 Å². The molecule has 1 spiro atoms. The summed E-state index contributed by atoms with van der Waals surface area (Å²) in [6.45, 7) is 15.0. The number of benzene rings is 12. The Labute approximate surface area is 569 Å². The van der Waals surface area contributed by atoms with Crippen molar-refractivity contribution in [2.75, 3.05) is 0 Å². The monoisotopic (exact) mass is 1140 g/mol. The molecule has 2 aliphatic carbocycles. The van der Waals surface area contributed by atoms with Gasteiger partial charge in [0.2, 0.25) is 0 Å². The van der Waals surface area contributed by atoms with Crippen molar-refractivity contribution in [2.24, 2.45) is 0 Å². The first-order chi connectivity index (χ1) is 62.2. The minimum absolute atomic E-state index is 0.124. The maximum atomic E-state index is 8.96. The molecule has 2 aromatic heterocycles. The first-order valence-corrected chi connectivity index (χ1v) is 26.1. The smallest absolute Gasteiger partial charge is 0.0725 e. The molecule has 0 atom stereocenters. The second-order valence-electron chi connectivity index (χ2n) is 15.8. The lowest BCUT2D eigenvalue weighted by Gasteiger charge is -2.30. The van der Waals surface area contributed by atoms with Gasteiger partial charge in [-0.25, -0.2) is 0 Å². The Morgan fingerprint density at radius 1 is 0.277 bits per heavy atom. The van der Waals surface area contributed by atoms with Crippen LogP contribution in [-0.4, -0.2) is 4.57 Å². The van der Waals surface area contributed by atoms with Gasteiger partial charge in [-0.2, -0.15) is 0 Å². The zero-order valence-electron chi connectivity index (χ0n) is 96.4. The zero-order valence-corrected chi connectivity index (χ0v) is 46.2. The summed E-state index contributed by atoms with van der Waals surface area (Å²) in [4.78, 5) is 0. The summed E-state index contributed by atoms with van der Waals surface area (Å²) in [6, 6.07) is -27.7. The number of fused-ring (bicyclic) bond motifs is 16. The third-order valence-corrected chi connectivity index (χ3v) is 12.4. The van der Waals surface area contributed by atoms with Crippen LogP contribution in [0.25, 0.3) is 81.0 Å². The van der Waals surface area contributed by atoms with Gasteiger partial charge in [-0.1, -0.05) is 325 Å². The average molecular weight is 1150 g/mol. The van der Waals surface area contributed by atoms with E-state index in [1.807, 2.05) is 41.5 Å². The van der Waals surface area contributed by atoms with Crippen molar-refractivity contribution in [1.29, 1.82) is 0 Å². The molecule has 0 fully saturated rings. The lowest BCUT2D eigenvalue weighted by Crippen LogP contribution is -2.25. The third-order valence-electron chi connectivity index (χ3n) is 11.4. The lowest BCUT2D eigenvalue weighted by molar-refractivity contribution is 0.794. The third kappa shape index (κ3) is 12.2. The molecule has 2 heterocycles. The molecule has 2 heteroatoms. The van der Waals surface area contributed by atoms with E-state index in [1.54, 1.807) is 0 Å². The summed E-state index contributed by atoms with van der Waals surface area (Å²) in [5.41, 5.74) is -6.47. The van der Waals surface area contributed by atoms with E-state index in [4.69, 9.17) is 69.9 Å². The summed E-state index contributed by atoms with van der Waals surface area (Å²) in [6.07, 6.45) is 0. The minimum Gasteiger partial charge on any atom is -0.309 e. The van der Waals surface area contributed by atoms with E-state index in [-0.39, 0.29) is 182 Å². The van der Waals surface area contributed by atoms with Gasteiger partial charge in [0.05, 0.1) is 86.4 Å². The first-order valence-electron chi connectivity index (χ1n) is 50.8. The fraction of sp³-hybridized carbons (Fsp3) is 0.111. The van der Waals surface area contributed by atoms with Crippen molar-refractivity contribution in [3.63, 3.8) is 0 Å². The standard InChI is InChI=1S/C25H16.C18H13N.C13H12.C12H8S.C7H8.3C2H6/c1-5-13-21-17(9-1)18-10-2-6-14-22(18)25(21)23-15-7-3-11-19(23)20-12-4-8-16-24(20)25;1-2-8-14(9-3-1)19-17-12-6-4-10-15(17)16-11-5-7-13-18(16)19;1-11-7-9-13(10-8-11)12-5-3-2-4-6-12;1-3-7-11-9(5-1)10-6-2-4-8-12(10)13-11;1-7-5-3-2-4-6-7;3*1-2/h1-16H;1-13H;2-10H,1H3;1-8H;2-6H,1H3;3*1-2H3/i1D,2D,3D,4D,5D,6D,7D,8D,9D,10D,11D,12D,13D,14D,15D,16D;1D,2D,3D,4D,5D,6D,7D,8D,9D,10D,11D,12D,13D;2D,3D,4D,5D,6D,7D,8D,9D,10D;1D,2D,3D,4D,5D,6D,7D,8D;2D,3D,4D,5D,6D;;;. The number of hydrogen-bond acceptors (Lipinski definition) is 1. The Morgan fingerprint density at radius 3 is 0.976 bits per heavy atom. The van der Waals surface area contributed by atoms with Gasteiger partial charge in [-0.05, 0) is 106 Å². The minimum atomic E-state index is -2.37. The highest BCUT2D eigenvalue weighted by Gasteiger charge is 2.51. The molecule has 0 amide bonds. The van der Waals surface area contributed by atoms with Gasteiger partial charge in [0.15, 0.2) is 0 Å². The summed E-state index contributed by atoms with van der Waals surface area (Å²) in [5, 5.41) is -0.143. The van der Waals surface area contributed by atoms with Crippen molar-refractivity contribution < 1.29 is 69.9 Å². The Morgan fingerprint density at radius 2 is 0.566 bits per heavy atom. The number of thiophene rings is 1. The van der Waals surface area contributed by atoms with Crippen LogP contribution in [-0.2, 0) is 5.41 Å². The van der Waals surface area contributed by atoms with Crippen molar-refractivity contribution in [3.05, 3.63) is 342 Å². The topological polar surface area (TPSA) is 4.93 Å². The maximum absolute atomic E-state index is 8.96. The SMILES string of the molecule is CC.CC.CC.[2H]c1c([2H])c([2H])c(-c2c([2H])c([2H])c(C)c([2H])c2[2H])c([2H])c1[2H].[2H]c1c([2H])c([2H])c(-n2c3c([2H])c([2H])c([2H])c([2H])c3c3c([2H])c([2H])c([2H])c([2H])c32)c([2H])c1[2H].[2H]c1c([2H])c([2H])c(C)c([2H])c1[2H].[2H]c1c([2H])c([2H])c2c(c1[2H])-c1c([2H])c([2H])c([2H])c([2H])c1C21c2c([2H])c([2H])c([2H])c([2H])c2-c2c([2H])c([2H])c([2H])c([2H])c21.[2H]c1c([2H])c([2H])c2c(sc3c([2H])c([2H])c([2H])c([2H])c32)c1[2H]. The Bertz CT molecular complexity index is 6720. The van der Waals surface area contributed by atoms with Crippen molar-refractivity contribution >= 4 is 53.3 Å². The van der Waals surface area contributed by atoms with Crippen molar-refractivity contribution in [1.82, 2.24) is 4.57 Å². The van der Waals surface area contributed by atoms with Crippen LogP contribution in [0.4, 0.5) is 0 Å². The fourth-order valence-corrected chi connectivity index (χ4v) is 9.19. The van der Waals surface area contributed by atoms with E-state index >= 15 is 0 Å². The van der Waals surface area contributed by atoms with Crippen LogP contribution in [0.15, 0.2) is 308 Å². The highest BCUT2D eigenvalue weighted by Crippen LogP contribution is 2.62. The van der Waals surface area contributed by atoms with E-state index in [0.29, 0.717) is 5.56 Å². The molecule has 0 saturated heterocycles. The molecule has 0 saturated carbocycles. The highest BCUT2D eigenvalue weighted by molar-refractivity contribution is 7.25. The van der Waals surface area contributed by atoms with Crippen LogP contribution >= 0.6 is 11.3 Å². The number of aromatic nitrogens is 1. The molecule has 14 aromatic rings. The Hall–Kier alpha value is -9.34. The van der Waals surface area contributed by atoms with Crippen LogP contribution in [0.2, 0.25) is 0 Å². The summed E-state index contributed by atoms with van der Waals surface area (Å²) < 4.78 is 414. The van der Waals surface area contributed by atoms with E-state index < -0.39 is 241 Å². The molecule has 2 aliphatic rings. The second kappa shape index (κ2) is 28.4. The molecule has 0 unspecified atom stereocenters. The zero-order chi connectivity index (χ0) is 102. The summed E-state index contributed by atoms with van der Waals surface area (Å²) >= 11 is 0.967. The van der Waals surface area contributed by atoms with E-state index in [9.17, 15) is 0 Å². The second-order valence-corrected chi connectivity index (χ2v) is 16.8. The molecule has 16 rings (SSSR count). The predicted molar refractivity (Wildman–Crippen MR) is 365 cm³/mol. The highest BCUT2D eigenvalue weighted by atomic mass is 32.1. The van der Waals surface area contributed by atoms with Crippen LogP contribution in [0, 0.1) is 13.8 Å². The molecule has 410 valence electrons. The van der Waals surface area contributed by atoms with E-state index in [2.05, 4.69) is 0 Å². The number of rotatable bonds is 2. The summed E-state index contributed by atoms with van der Waals surface area (Å²) in [7, 11) is 0. The van der Waals surface area contributed by atoms with Crippen LogP contribution < -0.4 is 0 Å². The van der Waals surface area contributed by atoms with Crippen LogP contribution in [0.5, 0.6) is 0 Å². The Kier molecular flexibility index (Phi) is 7.56. The maximum Gasteiger partial charge on any atom is 0.0725 e. The molecule has 0 bridgehead atoms. The number of nitrogens with zero attached hydrogens (tertiary/aromatic N) is 1. The summed E-state index contributed by atoms with van der Waals surface area (Å²) in [5.74, 6) is 0. The van der Waals surface area contributed by atoms with Gasteiger partial charge >= 0.3 is 0 Å². The molecule has 83 heavy (non-hydrogen) atoms. The molecule has 0 radical (unpaired) electrons. The van der Waals surface area contributed by atoms with Gasteiger partial charge < -0.3 is 4.57 Å². The quantitative estimate of drug-likeness (QED) is 0.163.